The van der Waals surface area contributed by atoms with Crippen molar-refractivity contribution in [2.24, 2.45) is 11.8 Å². The Labute approximate surface area is 59.8 Å². The molecule has 0 N–H and O–H groups in total. The summed E-state index contributed by atoms with van der Waals surface area (Å²) in [5.74, 6) is 1.96. The minimum atomic E-state index is 0.981. The highest BCUT2D eigenvalue weighted by molar-refractivity contribution is 9.09. The van der Waals surface area contributed by atoms with Gasteiger partial charge in [0.05, 0.1) is 0 Å². The van der Waals surface area contributed by atoms with Gasteiger partial charge in [-0.2, -0.15) is 0 Å². The molecule has 0 radical (unpaired) electrons. The molecule has 1 fully saturated rings. The third kappa shape index (κ3) is 1.25. The molecule has 0 aromatic heterocycles. The molecule has 0 nitrogen and oxygen atoms in total. The monoisotopic (exact) mass is 176 g/mol. The summed E-state index contributed by atoms with van der Waals surface area (Å²) in [5, 5.41) is 1.22. The smallest absolute Gasteiger partial charge is 0.00622 e. The molecule has 1 aliphatic carbocycles. The quantitative estimate of drug-likeness (QED) is 0.540. The van der Waals surface area contributed by atoms with Gasteiger partial charge in [0.1, 0.15) is 0 Å². The van der Waals surface area contributed by atoms with E-state index >= 15 is 0 Å². The number of alkyl halides is 1. The van der Waals surface area contributed by atoms with Crippen LogP contribution in [-0.2, 0) is 0 Å². The van der Waals surface area contributed by atoms with E-state index in [1.54, 1.807) is 0 Å². The van der Waals surface area contributed by atoms with Crippen LogP contribution in [0, 0.1) is 11.8 Å². The van der Waals surface area contributed by atoms with Crippen LogP contribution >= 0.6 is 15.9 Å². The lowest BCUT2D eigenvalue weighted by atomic mass is 10.0. The van der Waals surface area contributed by atoms with Crippen molar-refractivity contribution in [3.05, 3.63) is 0 Å². The molecule has 1 aliphatic rings. The third-order valence-electron chi connectivity index (χ3n) is 2.24. The van der Waals surface area contributed by atoms with E-state index in [9.17, 15) is 0 Å². The fourth-order valence-corrected chi connectivity index (χ4v) is 2.41. The lowest BCUT2D eigenvalue weighted by Crippen LogP contribution is -2.03. The number of hydrogen-bond acceptors (Lipinski definition) is 0. The largest absolute Gasteiger partial charge is 0.0925 e. The summed E-state index contributed by atoms with van der Waals surface area (Å²) in [6.45, 7) is 2.36. The summed E-state index contributed by atoms with van der Waals surface area (Å²) in [6.07, 6.45) is 4.36. The maximum Gasteiger partial charge on any atom is 0.00622 e. The van der Waals surface area contributed by atoms with Crippen molar-refractivity contribution in [2.75, 3.05) is 5.33 Å². The molecule has 0 heterocycles. The summed E-state index contributed by atoms with van der Waals surface area (Å²) in [5.41, 5.74) is 0. The average Bonchev–Trinajstić information content (AvgIpc) is 2.14. The van der Waals surface area contributed by atoms with E-state index < -0.39 is 0 Å². The fraction of sp³-hybridized carbons (Fsp3) is 1.00. The first kappa shape index (κ1) is 6.60. The lowest BCUT2D eigenvalue weighted by Gasteiger charge is -2.09. The fourth-order valence-electron chi connectivity index (χ4n) is 1.45. The molecule has 0 aromatic rings. The molecule has 0 amide bonds. The first-order valence-electron chi connectivity index (χ1n) is 3.40. The SMILES string of the molecule is C[C@@H]1CCC[C@H]1CBr. The molecular weight excluding hydrogens is 164 g/mol. The van der Waals surface area contributed by atoms with Crippen molar-refractivity contribution in [2.45, 2.75) is 26.2 Å². The first-order valence-corrected chi connectivity index (χ1v) is 4.52. The van der Waals surface area contributed by atoms with Crippen molar-refractivity contribution in [1.82, 2.24) is 0 Å². The Morgan fingerprint density at radius 2 is 2.25 bits per heavy atom. The molecule has 2 atom stereocenters. The van der Waals surface area contributed by atoms with Gasteiger partial charge >= 0.3 is 0 Å². The molecule has 1 heteroatoms. The zero-order valence-electron chi connectivity index (χ0n) is 5.36. The van der Waals surface area contributed by atoms with E-state index in [-0.39, 0.29) is 0 Å². The summed E-state index contributed by atoms with van der Waals surface area (Å²) >= 11 is 3.52. The molecule has 0 aliphatic heterocycles. The van der Waals surface area contributed by atoms with Gasteiger partial charge in [0, 0.05) is 5.33 Å². The van der Waals surface area contributed by atoms with E-state index in [0.29, 0.717) is 0 Å². The predicted molar refractivity (Wildman–Crippen MR) is 40.3 cm³/mol. The van der Waals surface area contributed by atoms with Crippen LogP contribution in [0.1, 0.15) is 26.2 Å². The van der Waals surface area contributed by atoms with Crippen molar-refractivity contribution in [3.63, 3.8) is 0 Å². The van der Waals surface area contributed by atoms with Crippen LogP contribution in [0.25, 0.3) is 0 Å². The van der Waals surface area contributed by atoms with Gasteiger partial charge in [0.2, 0.25) is 0 Å². The second-order valence-electron chi connectivity index (χ2n) is 2.82. The van der Waals surface area contributed by atoms with Crippen LogP contribution < -0.4 is 0 Å². The van der Waals surface area contributed by atoms with Crippen LogP contribution in [0.4, 0.5) is 0 Å². The first-order chi connectivity index (χ1) is 3.84. The second-order valence-corrected chi connectivity index (χ2v) is 3.47. The minimum Gasteiger partial charge on any atom is -0.0925 e. The molecule has 0 saturated heterocycles. The summed E-state index contributed by atoms with van der Waals surface area (Å²) in [6, 6.07) is 0. The van der Waals surface area contributed by atoms with Crippen molar-refractivity contribution < 1.29 is 0 Å². The van der Waals surface area contributed by atoms with Crippen molar-refractivity contribution in [1.29, 1.82) is 0 Å². The zero-order valence-corrected chi connectivity index (χ0v) is 6.95. The van der Waals surface area contributed by atoms with Gasteiger partial charge in [-0.3, -0.25) is 0 Å². The Hall–Kier alpha value is 0.480. The molecule has 0 unspecified atom stereocenters. The second kappa shape index (κ2) is 2.86. The normalized spacial score (nSPS) is 38.2. The zero-order chi connectivity index (χ0) is 5.98. The van der Waals surface area contributed by atoms with E-state index in [4.69, 9.17) is 0 Å². The van der Waals surface area contributed by atoms with Gasteiger partial charge in [-0.15, -0.1) is 0 Å². The van der Waals surface area contributed by atoms with Gasteiger partial charge in [-0.25, -0.2) is 0 Å². The van der Waals surface area contributed by atoms with Gasteiger partial charge in [-0.05, 0) is 18.3 Å². The van der Waals surface area contributed by atoms with Gasteiger partial charge in [-0.1, -0.05) is 35.7 Å². The number of rotatable bonds is 1. The Balaban J connectivity index is 2.30. The van der Waals surface area contributed by atoms with Crippen molar-refractivity contribution >= 4 is 15.9 Å². The van der Waals surface area contributed by atoms with Crippen LogP contribution in [0.15, 0.2) is 0 Å². The predicted octanol–water partition coefficient (Wildman–Crippen LogP) is 2.82. The number of halogens is 1. The Morgan fingerprint density at radius 1 is 1.50 bits per heavy atom. The topological polar surface area (TPSA) is 0 Å². The highest BCUT2D eigenvalue weighted by Gasteiger charge is 2.21. The Bertz CT molecular complexity index is 70.8. The number of hydrogen-bond donors (Lipinski definition) is 0. The molecule has 0 spiro atoms. The molecule has 48 valence electrons. The van der Waals surface area contributed by atoms with Crippen LogP contribution in [0.2, 0.25) is 0 Å². The molecule has 1 rings (SSSR count). The maximum absolute atomic E-state index is 3.52. The van der Waals surface area contributed by atoms with Crippen LogP contribution in [0.5, 0.6) is 0 Å². The van der Waals surface area contributed by atoms with E-state index in [0.717, 1.165) is 11.8 Å². The Morgan fingerprint density at radius 3 is 2.50 bits per heavy atom. The summed E-state index contributed by atoms with van der Waals surface area (Å²) in [7, 11) is 0. The van der Waals surface area contributed by atoms with E-state index in [1.807, 2.05) is 0 Å². The van der Waals surface area contributed by atoms with Crippen LogP contribution in [0.3, 0.4) is 0 Å². The van der Waals surface area contributed by atoms with Crippen molar-refractivity contribution in [3.8, 4) is 0 Å². The maximum atomic E-state index is 3.52. The summed E-state index contributed by atoms with van der Waals surface area (Å²) in [4.78, 5) is 0. The van der Waals surface area contributed by atoms with Crippen LogP contribution in [-0.4, -0.2) is 5.33 Å². The Kier molecular flexibility index (Phi) is 2.36. The molecule has 1 saturated carbocycles. The lowest BCUT2D eigenvalue weighted by molar-refractivity contribution is 0.467. The molecular formula is C7H13Br. The van der Waals surface area contributed by atoms with Gasteiger partial charge in [0.25, 0.3) is 0 Å². The highest BCUT2D eigenvalue weighted by Crippen LogP contribution is 2.31. The van der Waals surface area contributed by atoms with Gasteiger partial charge < -0.3 is 0 Å². The van der Waals surface area contributed by atoms with E-state index in [1.165, 1.54) is 24.6 Å². The molecule has 0 bridgehead atoms. The third-order valence-corrected chi connectivity index (χ3v) is 3.07. The average molecular weight is 177 g/mol. The van der Waals surface area contributed by atoms with E-state index in [2.05, 4.69) is 22.9 Å². The summed E-state index contributed by atoms with van der Waals surface area (Å²) < 4.78 is 0. The molecule has 0 aromatic carbocycles. The minimum absolute atomic E-state index is 0.981. The van der Waals surface area contributed by atoms with Gasteiger partial charge in [0.15, 0.2) is 0 Å². The standard InChI is InChI=1S/C7H13Br/c1-6-3-2-4-7(6)5-8/h6-7H,2-5H2,1H3/t6-,7+/m1/s1. The highest BCUT2D eigenvalue weighted by atomic mass is 79.9. The molecule has 8 heavy (non-hydrogen) atoms.